The topological polar surface area (TPSA) is 41.1 Å². The number of hydrogen-bond donors (Lipinski definition) is 1. The maximum Gasteiger partial charge on any atom is 0.222 e. The van der Waals surface area contributed by atoms with Crippen LogP contribution >= 0.6 is 0 Å². The molecule has 1 saturated heterocycles. The normalized spacial score (nSPS) is 23.6. The Morgan fingerprint density at radius 2 is 1.52 bits per heavy atom. The van der Waals surface area contributed by atoms with Crippen molar-refractivity contribution in [3.8, 4) is 11.1 Å². The second-order valence-electron chi connectivity index (χ2n) is 7.64. The highest BCUT2D eigenvalue weighted by atomic mass is 15.1. The van der Waals surface area contributed by atoms with Gasteiger partial charge in [0.2, 0.25) is 5.95 Å². The minimum atomic E-state index is 0.529. The predicted molar refractivity (Wildman–Crippen MR) is 104 cm³/mol. The fourth-order valence-electron chi connectivity index (χ4n) is 3.98. The Hall–Kier alpha value is -2.10. The van der Waals surface area contributed by atoms with Gasteiger partial charge in [0.25, 0.3) is 0 Å². The van der Waals surface area contributed by atoms with Crippen molar-refractivity contribution >= 4 is 11.6 Å². The number of anilines is 2. The molecule has 132 valence electrons. The third kappa shape index (κ3) is 3.94. The smallest absolute Gasteiger partial charge is 0.222 e. The lowest BCUT2D eigenvalue weighted by molar-refractivity contribution is 0.360. The van der Waals surface area contributed by atoms with Gasteiger partial charge in [-0.05, 0) is 62.1 Å². The summed E-state index contributed by atoms with van der Waals surface area (Å²) in [4.78, 5) is 11.5. The van der Waals surface area contributed by atoms with Crippen molar-refractivity contribution < 1.29 is 0 Å². The molecule has 2 aliphatic rings. The van der Waals surface area contributed by atoms with Crippen molar-refractivity contribution in [3.63, 3.8) is 0 Å². The van der Waals surface area contributed by atoms with Crippen LogP contribution in [-0.4, -0.2) is 29.1 Å². The highest BCUT2D eigenvalue weighted by Crippen LogP contribution is 2.27. The van der Waals surface area contributed by atoms with Gasteiger partial charge in [-0.15, -0.1) is 0 Å². The van der Waals surface area contributed by atoms with Crippen molar-refractivity contribution in [2.45, 2.75) is 51.5 Å². The molecule has 4 rings (SSSR count). The summed E-state index contributed by atoms with van der Waals surface area (Å²) >= 11 is 0. The lowest BCUT2D eigenvalue weighted by Crippen LogP contribution is -2.26. The van der Waals surface area contributed by atoms with E-state index < -0.39 is 0 Å². The van der Waals surface area contributed by atoms with Crippen LogP contribution in [0.25, 0.3) is 11.1 Å². The SMILES string of the molecule is CC1CCC(Nc2ncc(-c3ccc(N4CCCC4)cc3)cn2)CC1. The fourth-order valence-corrected chi connectivity index (χ4v) is 3.98. The lowest BCUT2D eigenvalue weighted by Gasteiger charge is -2.26. The number of nitrogens with one attached hydrogen (secondary N) is 1. The average Bonchev–Trinajstić information content (AvgIpc) is 3.19. The zero-order valence-corrected chi connectivity index (χ0v) is 15.1. The first-order valence-electron chi connectivity index (χ1n) is 9.72. The van der Waals surface area contributed by atoms with Crippen LogP contribution in [0.15, 0.2) is 36.7 Å². The number of nitrogens with zero attached hydrogens (tertiary/aromatic N) is 3. The summed E-state index contributed by atoms with van der Waals surface area (Å²) in [5.41, 5.74) is 3.59. The molecule has 25 heavy (non-hydrogen) atoms. The highest BCUT2D eigenvalue weighted by molar-refractivity contribution is 5.65. The van der Waals surface area contributed by atoms with Crippen LogP contribution in [0.2, 0.25) is 0 Å². The largest absolute Gasteiger partial charge is 0.372 e. The van der Waals surface area contributed by atoms with Crippen molar-refractivity contribution in [2.75, 3.05) is 23.3 Å². The van der Waals surface area contributed by atoms with Gasteiger partial charge in [0.15, 0.2) is 0 Å². The van der Waals surface area contributed by atoms with Gasteiger partial charge in [-0.3, -0.25) is 0 Å². The number of rotatable bonds is 4. The number of aromatic nitrogens is 2. The van der Waals surface area contributed by atoms with E-state index in [4.69, 9.17) is 0 Å². The first-order valence-corrected chi connectivity index (χ1v) is 9.72. The van der Waals surface area contributed by atoms with Crippen LogP contribution in [0, 0.1) is 5.92 Å². The molecule has 1 aromatic heterocycles. The Labute approximate surface area is 150 Å². The Bertz CT molecular complexity index is 666. The van der Waals surface area contributed by atoms with Crippen molar-refractivity contribution in [1.29, 1.82) is 0 Å². The second kappa shape index (κ2) is 7.42. The minimum Gasteiger partial charge on any atom is -0.372 e. The standard InChI is InChI=1S/C21H28N4/c1-16-4-8-19(9-5-16)24-21-22-14-18(15-23-21)17-6-10-20(11-7-17)25-12-2-3-13-25/h6-7,10-11,14-16,19H,2-5,8-9,12-13H2,1H3,(H,22,23,24). The number of hydrogen-bond acceptors (Lipinski definition) is 4. The third-order valence-corrected chi connectivity index (χ3v) is 5.67. The first-order chi connectivity index (χ1) is 12.3. The lowest BCUT2D eigenvalue weighted by atomic mass is 9.87. The van der Waals surface area contributed by atoms with Crippen molar-refractivity contribution in [2.24, 2.45) is 5.92 Å². The zero-order chi connectivity index (χ0) is 17.1. The average molecular weight is 336 g/mol. The Kier molecular flexibility index (Phi) is 4.86. The summed E-state index contributed by atoms with van der Waals surface area (Å²) in [7, 11) is 0. The van der Waals surface area contributed by atoms with Gasteiger partial charge in [0.05, 0.1) is 0 Å². The van der Waals surface area contributed by atoms with Crippen LogP contribution in [0.5, 0.6) is 0 Å². The Morgan fingerprint density at radius 3 is 2.16 bits per heavy atom. The minimum absolute atomic E-state index is 0.529. The fraction of sp³-hybridized carbons (Fsp3) is 0.524. The maximum absolute atomic E-state index is 4.54. The summed E-state index contributed by atoms with van der Waals surface area (Å²) in [5, 5.41) is 3.50. The molecule has 4 nitrogen and oxygen atoms in total. The van der Waals surface area contributed by atoms with Gasteiger partial charge in [-0.1, -0.05) is 19.1 Å². The molecule has 0 bridgehead atoms. The highest BCUT2D eigenvalue weighted by Gasteiger charge is 2.18. The Balaban J connectivity index is 1.39. The van der Waals surface area contributed by atoms with E-state index in [1.807, 2.05) is 12.4 Å². The molecule has 1 aromatic carbocycles. The van der Waals surface area contributed by atoms with Gasteiger partial charge in [0.1, 0.15) is 0 Å². The van der Waals surface area contributed by atoms with E-state index in [9.17, 15) is 0 Å². The molecule has 2 heterocycles. The molecule has 1 aliphatic heterocycles. The summed E-state index contributed by atoms with van der Waals surface area (Å²) in [6, 6.07) is 9.33. The first kappa shape index (κ1) is 16.4. The zero-order valence-electron chi connectivity index (χ0n) is 15.1. The van der Waals surface area contributed by atoms with Crippen molar-refractivity contribution in [1.82, 2.24) is 9.97 Å². The molecule has 0 amide bonds. The van der Waals surface area contributed by atoms with E-state index in [0.717, 1.165) is 17.4 Å². The van der Waals surface area contributed by atoms with E-state index in [1.54, 1.807) is 0 Å². The van der Waals surface area contributed by atoms with Gasteiger partial charge in [-0.2, -0.15) is 0 Å². The summed E-state index contributed by atoms with van der Waals surface area (Å²) in [6.07, 6.45) is 11.6. The van der Waals surface area contributed by atoms with Crippen LogP contribution in [0.3, 0.4) is 0 Å². The van der Waals surface area contributed by atoms with E-state index >= 15 is 0 Å². The van der Waals surface area contributed by atoms with Crippen LogP contribution in [-0.2, 0) is 0 Å². The van der Waals surface area contributed by atoms with E-state index in [0.29, 0.717) is 6.04 Å². The molecular weight excluding hydrogens is 308 g/mol. The van der Waals surface area contributed by atoms with Crippen LogP contribution in [0.1, 0.15) is 45.4 Å². The second-order valence-corrected chi connectivity index (χ2v) is 7.64. The van der Waals surface area contributed by atoms with Crippen molar-refractivity contribution in [3.05, 3.63) is 36.7 Å². The van der Waals surface area contributed by atoms with E-state index in [2.05, 4.69) is 51.4 Å². The number of benzene rings is 1. The summed E-state index contributed by atoms with van der Waals surface area (Å²) < 4.78 is 0. The van der Waals surface area contributed by atoms with Gasteiger partial charge in [0, 0.05) is 42.8 Å². The molecule has 0 unspecified atom stereocenters. The monoisotopic (exact) mass is 336 g/mol. The molecular formula is C21H28N4. The molecule has 0 radical (unpaired) electrons. The molecule has 0 spiro atoms. The molecule has 1 N–H and O–H groups in total. The van der Waals surface area contributed by atoms with E-state index in [1.165, 1.54) is 62.9 Å². The van der Waals surface area contributed by atoms with E-state index in [-0.39, 0.29) is 0 Å². The summed E-state index contributed by atoms with van der Waals surface area (Å²) in [5.74, 6) is 1.63. The molecule has 4 heteroatoms. The van der Waals surface area contributed by atoms with Gasteiger partial charge < -0.3 is 10.2 Å². The molecule has 0 atom stereocenters. The molecule has 2 aromatic rings. The van der Waals surface area contributed by atoms with Gasteiger partial charge >= 0.3 is 0 Å². The van der Waals surface area contributed by atoms with Crippen LogP contribution in [0.4, 0.5) is 11.6 Å². The molecule has 2 fully saturated rings. The van der Waals surface area contributed by atoms with Crippen LogP contribution < -0.4 is 10.2 Å². The molecule has 1 saturated carbocycles. The van der Waals surface area contributed by atoms with Gasteiger partial charge in [-0.25, -0.2) is 9.97 Å². The third-order valence-electron chi connectivity index (χ3n) is 5.67. The summed E-state index contributed by atoms with van der Waals surface area (Å²) in [6.45, 7) is 4.71. The quantitative estimate of drug-likeness (QED) is 0.876. The maximum atomic E-state index is 4.54. The predicted octanol–water partition coefficient (Wildman–Crippen LogP) is 4.73. The molecule has 1 aliphatic carbocycles. The Morgan fingerprint density at radius 1 is 0.880 bits per heavy atom.